The van der Waals surface area contributed by atoms with Crippen molar-refractivity contribution in [2.45, 2.75) is 32.6 Å². The zero-order valence-electron chi connectivity index (χ0n) is 19.9. The molecule has 3 nitrogen and oxygen atoms in total. The molecule has 1 aliphatic rings. The Bertz CT molecular complexity index is 1050. The van der Waals surface area contributed by atoms with E-state index in [1.165, 1.54) is 22.3 Å². The van der Waals surface area contributed by atoms with Crippen molar-refractivity contribution in [3.63, 3.8) is 0 Å². The van der Waals surface area contributed by atoms with E-state index in [0.29, 0.717) is 18.4 Å². The van der Waals surface area contributed by atoms with Crippen LogP contribution in [0, 0.1) is 5.92 Å². The molecule has 0 aromatic heterocycles. The summed E-state index contributed by atoms with van der Waals surface area (Å²) in [6.07, 6.45) is 2.04. The van der Waals surface area contributed by atoms with Crippen LogP contribution in [-0.4, -0.2) is 38.3 Å². The van der Waals surface area contributed by atoms with Crippen molar-refractivity contribution in [2.24, 2.45) is 5.92 Å². The predicted molar refractivity (Wildman–Crippen MR) is 137 cm³/mol. The van der Waals surface area contributed by atoms with Gasteiger partial charge >= 0.3 is 0 Å². The summed E-state index contributed by atoms with van der Waals surface area (Å²) < 4.78 is 11.6. The molecule has 0 N–H and O–H groups in total. The van der Waals surface area contributed by atoms with Crippen LogP contribution in [0.25, 0.3) is 0 Å². The number of benzene rings is 3. The van der Waals surface area contributed by atoms with Gasteiger partial charge in [0.2, 0.25) is 0 Å². The lowest BCUT2D eigenvalue weighted by Gasteiger charge is -2.22. The van der Waals surface area contributed by atoms with Gasteiger partial charge in [-0.15, -0.1) is 0 Å². The molecule has 0 amide bonds. The Kier molecular flexibility index (Phi) is 7.95. The maximum atomic E-state index is 6.28. The highest BCUT2D eigenvalue weighted by Gasteiger charge is 2.34. The number of fused-ring (bicyclic) bond motifs is 1. The van der Waals surface area contributed by atoms with Crippen molar-refractivity contribution in [1.29, 1.82) is 0 Å². The molecule has 3 aromatic carbocycles. The second kappa shape index (κ2) is 11.1. The Morgan fingerprint density at radius 2 is 1.70 bits per heavy atom. The lowest BCUT2D eigenvalue weighted by Crippen LogP contribution is -2.27. The molecule has 0 saturated carbocycles. The van der Waals surface area contributed by atoms with Gasteiger partial charge in [-0.1, -0.05) is 55.8 Å². The highest BCUT2D eigenvalue weighted by Crippen LogP contribution is 2.45. The van der Waals surface area contributed by atoms with E-state index in [-0.39, 0.29) is 0 Å². The number of hydrogen-bond donors (Lipinski definition) is 0. The number of ether oxygens (including phenoxy) is 2. The predicted octanol–water partition coefficient (Wildman–Crippen LogP) is 6.62. The van der Waals surface area contributed by atoms with Crippen LogP contribution in [0.15, 0.2) is 66.7 Å². The van der Waals surface area contributed by atoms with E-state index in [1.54, 1.807) is 7.11 Å². The minimum atomic E-state index is 0.318. The first-order valence-corrected chi connectivity index (χ1v) is 12.4. The molecule has 4 heteroatoms. The Morgan fingerprint density at radius 1 is 0.939 bits per heavy atom. The van der Waals surface area contributed by atoms with E-state index < -0.39 is 0 Å². The van der Waals surface area contributed by atoms with Gasteiger partial charge in [0, 0.05) is 17.5 Å². The van der Waals surface area contributed by atoms with Gasteiger partial charge in [-0.2, -0.15) is 0 Å². The van der Waals surface area contributed by atoms with Crippen LogP contribution in [0.1, 0.15) is 42.0 Å². The SMILES string of the molecule is CCN(CC)CCOc1ccc(C2c3cc(OC)ccc3CC2Cc2cccc(Cl)c2)cc1. The highest BCUT2D eigenvalue weighted by molar-refractivity contribution is 6.30. The first-order valence-electron chi connectivity index (χ1n) is 12.0. The molecule has 2 unspecified atom stereocenters. The van der Waals surface area contributed by atoms with Crippen molar-refractivity contribution in [1.82, 2.24) is 4.90 Å². The molecule has 0 bridgehead atoms. The Morgan fingerprint density at radius 3 is 2.39 bits per heavy atom. The zero-order chi connectivity index (χ0) is 23.2. The van der Waals surface area contributed by atoms with E-state index in [1.807, 2.05) is 12.1 Å². The van der Waals surface area contributed by atoms with Crippen LogP contribution in [0.5, 0.6) is 11.5 Å². The van der Waals surface area contributed by atoms with Crippen LogP contribution in [0.3, 0.4) is 0 Å². The van der Waals surface area contributed by atoms with Crippen molar-refractivity contribution < 1.29 is 9.47 Å². The number of likely N-dealkylation sites (N-methyl/N-ethyl adjacent to an activating group) is 1. The molecule has 0 heterocycles. The number of halogens is 1. The third-order valence-corrected chi connectivity index (χ3v) is 7.07. The quantitative estimate of drug-likeness (QED) is 0.337. The summed E-state index contributed by atoms with van der Waals surface area (Å²) in [6, 6.07) is 23.5. The van der Waals surface area contributed by atoms with Gasteiger partial charge in [0.1, 0.15) is 18.1 Å². The van der Waals surface area contributed by atoms with E-state index in [4.69, 9.17) is 21.1 Å². The third kappa shape index (κ3) is 5.72. The molecule has 33 heavy (non-hydrogen) atoms. The Hall–Kier alpha value is -2.49. The normalized spacial score (nSPS) is 17.2. The van der Waals surface area contributed by atoms with Gasteiger partial charge < -0.3 is 14.4 Å². The average Bonchev–Trinajstić information content (AvgIpc) is 3.19. The summed E-state index contributed by atoms with van der Waals surface area (Å²) in [5.74, 6) is 2.64. The Labute approximate surface area is 203 Å². The van der Waals surface area contributed by atoms with E-state index in [2.05, 4.69) is 73.3 Å². The second-order valence-electron chi connectivity index (χ2n) is 8.79. The lowest BCUT2D eigenvalue weighted by molar-refractivity contribution is 0.223. The van der Waals surface area contributed by atoms with Crippen LogP contribution < -0.4 is 9.47 Å². The molecule has 0 fully saturated rings. The van der Waals surface area contributed by atoms with E-state index in [9.17, 15) is 0 Å². The fourth-order valence-corrected chi connectivity index (χ4v) is 5.25. The molecule has 0 saturated heterocycles. The van der Waals surface area contributed by atoms with Crippen LogP contribution >= 0.6 is 11.6 Å². The molecule has 0 spiro atoms. The number of methoxy groups -OCH3 is 1. The molecule has 4 rings (SSSR count). The maximum Gasteiger partial charge on any atom is 0.119 e. The monoisotopic (exact) mass is 463 g/mol. The number of nitrogens with zero attached hydrogens (tertiary/aromatic N) is 1. The van der Waals surface area contributed by atoms with Gasteiger partial charge in [-0.3, -0.25) is 0 Å². The molecule has 3 aromatic rings. The average molecular weight is 464 g/mol. The summed E-state index contributed by atoms with van der Waals surface area (Å²) in [6.45, 7) is 8.14. The van der Waals surface area contributed by atoms with Crippen LogP contribution in [0.2, 0.25) is 5.02 Å². The van der Waals surface area contributed by atoms with Gasteiger partial charge in [0.25, 0.3) is 0 Å². The van der Waals surface area contributed by atoms with E-state index in [0.717, 1.165) is 49.0 Å². The molecule has 0 radical (unpaired) electrons. The fraction of sp³-hybridized carbons (Fsp3) is 0.379. The number of hydrogen-bond acceptors (Lipinski definition) is 3. The lowest BCUT2D eigenvalue weighted by atomic mass is 9.82. The van der Waals surface area contributed by atoms with Crippen LogP contribution in [0.4, 0.5) is 0 Å². The van der Waals surface area contributed by atoms with Gasteiger partial charge in [0.15, 0.2) is 0 Å². The van der Waals surface area contributed by atoms with Crippen molar-refractivity contribution in [2.75, 3.05) is 33.4 Å². The topological polar surface area (TPSA) is 21.7 Å². The smallest absolute Gasteiger partial charge is 0.119 e. The summed E-state index contributed by atoms with van der Waals surface area (Å²) in [5, 5.41) is 0.799. The number of rotatable bonds is 10. The Balaban J connectivity index is 1.55. The largest absolute Gasteiger partial charge is 0.497 e. The van der Waals surface area contributed by atoms with Gasteiger partial charge in [0.05, 0.1) is 7.11 Å². The van der Waals surface area contributed by atoms with Crippen molar-refractivity contribution >= 4 is 11.6 Å². The van der Waals surface area contributed by atoms with Gasteiger partial charge in [-0.05, 0) is 90.5 Å². The van der Waals surface area contributed by atoms with E-state index >= 15 is 0 Å². The first kappa shape index (κ1) is 23.7. The first-order chi connectivity index (χ1) is 16.1. The van der Waals surface area contributed by atoms with Crippen molar-refractivity contribution in [3.05, 3.63) is 94.0 Å². The summed E-state index contributed by atoms with van der Waals surface area (Å²) >= 11 is 6.28. The molecular formula is C29H34ClNO2. The molecule has 1 aliphatic carbocycles. The second-order valence-corrected chi connectivity index (χ2v) is 9.22. The third-order valence-electron chi connectivity index (χ3n) is 6.84. The minimum absolute atomic E-state index is 0.318. The molecular weight excluding hydrogens is 430 g/mol. The maximum absolute atomic E-state index is 6.28. The summed E-state index contributed by atoms with van der Waals surface area (Å²) in [4.78, 5) is 2.37. The van der Waals surface area contributed by atoms with Gasteiger partial charge in [-0.25, -0.2) is 0 Å². The standard InChI is InChI=1S/C29H34ClNO2/c1-4-31(5-2)15-16-33-26-12-9-22(10-13-26)29-24(17-21-7-6-8-25(30)18-21)19-23-11-14-27(32-3)20-28(23)29/h6-14,18,20,24,29H,4-5,15-17,19H2,1-3H3. The highest BCUT2D eigenvalue weighted by atomic mass is 35.5. The summed E-state index contributed by atoms with van der Waals surface area (Å²) in [7, 11) is 1.74. The minimum Gasteiger partial charge on any atom is -0.497 e. The summed E-state index contributed by atoms with van der Waals surface area (Å²) in [5.41, 5.74) is 5.39. The fourth-order valence-electron chi connectivity index (χ4n) is 5.04. The molecule has 0 aliphatic heterocycles. The molecule has 174 valence electrons. The molecule has 2 atom stereocenters. The zero-order valence-corrected chi connectivity index (χ0v) is 20.6. The van der Waals surface area contributed by atoms with Crippen molar-refractivity contribution in [3.8, 4) is 11.5 Å². The van der Waals surface area contributed by atoms with Crippen LogP contribution in [-0.2, 0) is 12.8 Å².